The smallest absolute Gasteiger partial charge is 0.461 e. The molecule has 8 heteroatoms. The first-order valence-corrected chi connectivity index (χ1v) is 10.8. The lowest BCUT2D eigenvalue weighted by molar-refractivity contribution is 0.00578. The van der Waals surface area contributed by atoms with Gasteiger partial charge in [0.2, 0.25) is 0 Å². The van der Waals surface area contributed by atoms with Crippen molar-refractivity contribution < 1.29 is 18.8 Å². The van der Waals surface area contributed by atoms with Crippen LogP contribution in [0.3, 0.4) is 0 Å². The number of aryl methyl sites for hydroxylation is 1. The minimum atomic E-state index is -0.670. The highest BCUT2D eigenvalue weighted by Gasteiger charge is 2.52. The van der Waals surface area contributed by atoms with Gasteiger partial charge in [-0.15, -0.1) is 0 Å². The maximum absolute atomic E-state index is 13.3. The van der Waals surface area contributed by atoms with E-state index in [9.17, 15) is 9.59 Å². The highest BCUT2D eigenvalue weighted by Crippen LogP contribution is 2.37. The molecule has 0 unspecified atom stereocenters. The van der Waals surface area contributed by atoms with E-state index in [1.165, 1.54) is 4.57 Å². The van der Waals surface area contributed by atoms with Crippen molar-refractivity contribution in [3.63, 3.8) is 0 Å². The van der Waals surface area contributed by atoms with Gasteiger partial charge in [0.1, 0.15) is 11.2 Å². The fourth-order valence-corrected chi connectivity index (χ4v) is 3.97. The molecule has 3 aromatic rings. The topological polar surface area (TPSA) is 71.7 Å². The van der Waals surface area contributed by atoms with Gasteiger partial charge in [0.15, 0.2) is 0 Å². The van der Waals surface area contributed by atoms with Crippen molar-refractivity contribution in [2.75, 3.05) is 6.61 Å². The molecule has 7 nitrogen and oxygen atoms in total. The molecule has 168 valence electrons. The molecule has 3 heterocycles. The van der Waals surface area contributed by atoms with Gasteiger partial charge in [0, 0.05) is 30.6 Å². The zero-order valence-electron chi connectivity index (χ0n) is 19.5. The Balaban J connectivity index is 1.95. The van der Waals surface area contributed by atoms with Gasteiger partial charge in [0.05, 0.1) is 17.8 Å². The number of aromatic nitrogens is 2. The predicted molar refractivity (Wildman–Crippen MR) is 124 cm³/mol. The molecule has 0 amide bonds. The summed E-state index contributed by atoms with van der Waals surface area (Å²) in [6, 6.07) is 11.4. The molecular formula is C24H29BN2O5. The number of pyridine rings is 1. The Labute approximate surface area is 188 Å². The molecule has 1 aliphatic rings. The molecule has 32 heavy (non-hydrogen) atoms. The van der Waals surface area contributed by atoms with Crippen LogP contribution in [-0.2, 0) is 27.6 Å². The van der Waals surface area contributed by atoms with Crippen LogP contribution < -0.4 is 11.0 Å². The first kappa shape index (κ1) is 22.4. The number of esters is 1. The lowest BCUT2D eigenvalue weighted by atomic mass is 9.78. The number of benzene rings is 1. The summed E-state index contributed by atoms with van der Waals surface area (Å²) in [4.78, 5) is 26.1. The number of ether oxygens (including phenoxy) is 1. The van der Waals surface area contributed by atoms with E-state index >= 15 is 0 Å². The molecular weight excluding hydrogens is 407 g/mol. The molecule has 0 N–H and O–H groups in total. The number of carbonyl (C=O) groups is 1. The Bertz CT molecular complexity index is 1210. The average molecular weight is 436 g/mol. The van der Waals surface area contributed by atoms with E-state index in [0.717, 1.165) is 5.56 Å². The minimum Gasteiger partial charge on any atom is -0.461 e. The van der Waals surface area contributed by atoms with E-state index in [-0.39, 0.29) is 12.2 Å². The van der Waals surface area contributed by atoms with Crippen molar-refractivity contribution in [2.24, 2.45) is 7.05 Å². The molecule has 0 spiro atoms. The van der Waals surface area contributed by atoms with Crippen LogP contribution in [0.15, 0.2) is 47.4 Å². The summed E-state index contributed by atoms with van der Waals surface area (Å²) in [6.45, 7) is 10.3. The quantitative estimate of drug-likeness (QED) is 0.455. The standard InChI is InChI=1S/C24H29BN2O5/c1-7-30-22(29)19-13-17-18(25-31-23(2,3)24(4,5)32-25)15-26(6)21(28)20(17)27(19)14-16-11-9-8-10-12-16/h8-13,15H,7,14H2,1-6H3. The van der Waals surface area contributed by atoms with Gasteiger partial charge >= 0.3 is 13.1 Å². The first-order valence-electron chi connectivity index (χ1n) is 10.8. The van der Waals surface area contributed by atoms with Gasteiger partial charge in [-0.3, -0.25) is 4.79 Å². The van der Waals surface area contributed by atoms with Gasteiger partial charge in [0.25, 0.3) is 5.56 Å². The SMILES string of the molecule is CCOC(=O)c1cc2c(B3OC(C)(C)C(C)(C)O3)cn(C)c(=O)c2n1Cc1ccccc1. The molecule has 1 aromatic carbocycles. The van der Waals surface area contributed by atoms with Gasteiger partial charge < -0.3 is 23.2 Å². The zero-order valence-corrected chi connectivity index (χ0v) is 19.5. The van der Waals surface area contributed by atoms with Crippen LogP contribution in [-0.4, -0.2) is 40.0 Å². The number of nitrogens with zero attached hydrogens (tertiary/aromatic N) is 2. The lowest BCUT2D eigenvalue weighted by Gasteiger charge is -2.32. The Morgan fingerprint density at radius 1 is 1.09 bits per heavy atom. The monoisotopic (exact) mass is 436 g/mol. The molecule has 0 atom stereocenters. The van der Waals surface area contributed by atoms with Gasteiger partial charge in [-0.2, -0.15) is 0 Å². The number of hydrogen-bond acceptors (Lipinski definition) is 5. The van der Waals surface area contributed by atoms with E-state index in [1.54, 1.807) is 30.8 Å². The highest BCUT2D eigenvalue weighted by atomic mass is 16.7. The molecule has 2 aromatic heterocycles. The molecule has 4 rings (SSSR count). The van der Waals surface area contributed by atoms with Crippen molar-refractivity contribution in [3.05, 3.63) is 64.2 Å². The van der Waals surface area contributed by atoms with E-state index in [4.69, 9.17) is 14.0 Å². The summed E-state index contributed by atoms with van der Waals surface area (Å²) in [5.74, 6) is -0.471. The molecule has 0 saturated carbocycles. The second-order valence-corrected chi connectivity index (χ2v) is 9.17. The molecule has 1 saturated heterocycles. The minimum absolute atomic E-state index is 0.202. The van der Waals surface area contributed by atoms with Crippen molar-refractivity contribution in [3.8, 4) is 0 Å². The third-order valence-electron chi connectivity index (χ3n) is 6.44. The third-order valence-corrected chi connectivity index (χ3v) is 6.44. The molecule has 1 aliphatic heterocycles. The largest absolute Gasteiger partial charge is 0.497 e. The van der Waals surface area contributed by atoms with Gasteiger partial charge in [-0.1, -0.05) is 30.3 Å². The van der Waals surface area contributed by atoms with Crippen LogP contribution in [0.25, 0.3) is 10.9 Å². The van der Waals surface area contributed by atoms with E-state index < -0.39 is 24.3 Å². The summed E-state index contributed by atoms with van der Waals surface area (Å²) >= 11 is 0. The van der Waals surface area contributed by atoms with Gasteiger partial charge in [-0.05, 0) is 46.2 Å². The Hall–Kier alpha value is -2.84. The highest BCUT2D eigenvalue weighted by molar-refractivity contribution is 6.65. The zero-order chi connectivity index (χ0) is 23.3. The summed E-state index contributed by atoms with van der Waals surface area (Å²) < 4.78 is 21.1. The van der Waals surface area contributed by atoms with E-state index in [0.29, 0.717) is 28.6 Å². The van der Waals surface area contributed by atoms with Crippen molar-refractivity contribution in [2.45, 2.75) is 52.4 Å². The van der Waals surface area contributed by atoms with E-state index in [1.807, 2.05) is 58.0 Å². The summed E-state index contributed by atoms with van der Waals surface area (Å²) in [5.41, 5.74) is 1.16. The molecule has 0 aliphatic carbocycles. The van der Waals surface area contributed by atoms with Crippen LogP contribution in [0.1, 0.15) is 50.7 Å². The van der Waals surface area contributed by atoms with Crippen LogP contribution >= 0.6 is 0 Å². The maximum Gasteiger partial charge on any atom is 0.497 e. The van der Waals surface area contributed by atoms with Crippen molar-refractivity contribution in [1.82, 2.24) is 9.13 Å². The second kappa shape index (κ2) is 7.94. The fourth-order valence-electron chi connectivity index (χ4n) is 3.97. The third kappa shape index (κ3) is 3.67. The second-order valence-electron chi connectivity index (χ2n) is 9.17. The van der Waals surface area contributed by atoms with Crippen LogP contribution in [0.2, 0.25) is 0 Å². The van der Waals surface area contributed by atoms with Crippen LogP contribution in [0.4, 0.5) is 0 Å². The molecule has 0 radical (unpaired) electrons. The Kier molecular flexibility index (Phi) is 5.55. The fraction of sp³-hybridized carbons (Fsp3) is 0.417. The van der Waals surface area contributed by atoms with Crippen LogP contribution in [0.5, 0.6) is 0 Å². The number of fused-ring (bicyclic) bond motifs is 1. The van der Waals surface area contributed by atoms with Crippen molar-refractivity contribution in [1.29, 1.82) is 0 Å². The summed E-state index contributed by atoms with van der Waals surface area (Å²) in [7, 11) is 1.03. The lowest BCUT2D eigenvalue weighted by Crippen LogP contribution is -2.41. The summed E-state index contributed by atoms with van der Waals surface area (Å²) in [6.07, 6.45) is 1.73. The van der Waals surface area contributed by atoms with Crippen molar-refractivity contribution >= 4 is 29.5 Å². The normalized spacial score (nSPS) is 17.1. The number of carbonyl (C=O) groups excluding carboxylic acids is 1. The average Bonchev–Trinajstić information content (AvgIpc) is 3.20. The summed E-state index contributed by atoms with van der Waals surface area (Å²) in [5, 5.41) is 0.630. The molecule has 1 fully saturated rings. The maximum atomic E-state index is 13.3. The Morgan fingerprint density at radius 2 is 1.72 bits per heavy atom. The Morgan fingerprint density at radius 3 is 2.31 bits per heavy atom. The van der Waals surface area contributed by atoms with Gasteiger partial charge in [-0.25, -0.2) is 4.79 Å². The number of rotatable bonds is 5. The number of hydrogen-bond donors (Lipinski definition) is 0. The van der Waals surface area contributed by atoms with Crippen LogP contribution in [0, 0.1) is 0 Å². The molecule has 0 bridgehead atoms. The first-order chi connectivity index (χ1) is 15.1. The predicted octanol–water partition coefficient (Wildman–Crippen LogP) is 2.86. The van der Waals surface area contributed by atoms with E-state index in [2.05, 4.69) is 0 Å².